The van der Waals surface area contributed by atoms with Crippen LogP contribution in [0.4, 0.5) is 5.69 Å². The van der Waals surface area contributed by atoms with E-state index in [4.69, 9.17) is 0 Å². The van der Waals surface area contributed by atoms with E-state index in [1.807, 2.05) is 0 Å². The van der Waals surface area contributed by atoms with E-state index < -0.39 is 5.97 Å². The largest absolute Gasteiger partial charge is 0.465 e. The lowest BCUT2D eigenvalue weighted by Gasteiger charge is -2.28. The molecule has 3 rings (SSSR count). The number of methoxy groups -OCH3 is 1. The van der Waals surface area contributed by atoms with Crippen LogP contribution in [0, 0.1) is 5.92 Å². The van der Waals surface area contributed by atoms with E-state index in [-0.39, 0.29) is 18.3 Å². The Labute approximate surface area is 142 Å². The second-order valence-electron chi connectivity index (χ2n) is 6.30. The van der Waals surface area contributed by atoms with E-state index in [1.165, 1.54) is 20.0 Å². The second-order valence-corrected chi connectivity index (χ2v) is 6.30. The lowest BCUT2D eigenvalue weighted by Crippen LogP contribution is -2.39. The fourth-order valence-electron chi connectivity index (χ4n) is 3.66. The van der Waals surface area contributed by atoms with Gasteiger partial charge < -0.3 is 15.4 Å². The number of benzene rings is 1. The first-order valence-corrected chi connectivity index (χ1v) is 7.88. The van der Waals surface area contributed by atoms with Gasteiger partial charge in [-0.05, 0) is 49.8 Å². The number of nitrogens with one attached hydrogen (secondary N) is 2. The zero-order valence-corrected chi connectivity index (χ0v) is 14.0. The summed E-state index contributed by atoms with van der Waals surface area (Å²) in [7, 11) is 1.35. The number of rotatable bonds is 4. The van der Waals surface area contributed by atoms with Crippen LogP contribution < -0.4 is 10.6 Å². The molecular formula is C17H23ClN2O3. The minimum absolute atomic E-state index is 0. The van der Waals surface area contributed by atoms with E-state index in [9.17, 15) is 9.59 Å². The summed E-state index contributed by atoms with van der Waals surface area (Å²) in [5, 5.41) is 6.48. The molecule has 0 saturated carbocycles. The summed E-state index contributed by atoms with van der Waals surface area (Å²) >= 11 is 0. The van der Waals surface area contributed by atoms with Gasteiger partial charge in [-0.3, -0.25) is 4.79 Å². The molecule has 2 N–H and O–H groups in total. The summed E-state index contributed by atoms with van der Waals surface area (Å²) in [6.45, 7) is 0. The van der Waals surface area contributed by atoms with Crippen LogP contribution in [0.25, 0.3) is 0 Å². The molecule has 2 aliphatic rings. The lowest BCUT2D eigenvalue weighted by molar-refractivity contribution is -0.117. The Morgan fingerprint density at radius 3 is 2.61 bits per heavy atom. The van der Waals surface area contributed by atoms with Crippen molar-refractivity contribution in [3.05, 3.63) is 29.8 Å². The number of carbonyl (C=O) groups is 2. The number of hydrogen-bond acceptors (Lipinski definition) is 4. The van der Waals surface area contributed by atoms with Crippen LogP contribution in [0.2, 0.25) is 0 Å². The van der Waals surface area contributed by atoms with Gasteiger partial charge in [0.2, 0.25) is 5.91 Å². The topological polar surface area (TPSA) is 67.4 Å². The van der Waals surface area contributed by atoms with Gasteiger partial charge >= 0.3 is 5.97 Å². The van der Waals surface area contributed by atoms with Gasteiger partial charge in [0.1, 0.15) is 0 Å². The third-order valence-electron chi connectivity index (χ3n) is 4.61. The molecule has 0 radical (unpaired) electrons. The Morgan fingerprint density at radius 1 is 1.26 bits per heavy atom. The Bertz CT molecular complexity index is 567. The van der Waals surface area contributed by atoms with Crippen molar-refractivity contribution in [3.8, 4) is 0 Å². The van der Waals surface area contributed by atoms with E-state index in [2.05, 4.69) is 15.4 Å². The second kappa shape index (κ2) is 7.79. The van der Waals surface area contributed by atoms with Crippen molar-refractivity contribution < 1.29 is 14.3 Å². The van der Waals surface area contributed by atoms with Gasteiger partial charge in [-0.15, -0.1) is 12.4 Å². The van der Waals surface area contributed by atoms with Crippen LogP contribution in [-0.2, 0) is 9.53 Å². The number of carbonyl (C=O) groups excluding carboxylic acids is 2. The van der Waals surface area contributed by atoms with Crippen LogP contribution in [0.1, 0.15) is 42.5 Å². The zero-order valence-electron chi connectivity index (χ0n) is 13.2. The molecule has 2 saturated heterocycles. The molecule has 2 heterocycles. The fourth-order valence-corrected chi connectivity index (χ4v) is 3.66. The fraction of sp³-hybridized carbons (Fsp3) is 0.529. The van der Waals surface area contributed by atoms with E-state index >= 15 is 0 Å². The predicted octanol–water partition coefficient (Wildman–Crippen LogP) is 2.75. The summed E-state index contributed by atoms with van der Waals surface area (Å²) in [4.78, 5) is 23.7. The van der Waals surface area contributed by atoms with E-state index in [0.29, 0.717) is 35.7 Å². The Kier molecular flexibility index (Phi) is 6.02. The normalized spacial score (nSPS) is 25.3. The molecule has 2 fully saturated rings. The number of fused-ring (bicyclic) bond motifs is 2. The van der Waals surface area contributed by atoms with Gasteiger partial charge in [0.15, 0.2) is 0 Å². The molecule has 2 atom stereocenters. The van der Waals surface area contributed by atoms with Crippen molar-refractivity contribution in [1.29, 1.82) is 0 Å². The van der Waals surface area contributed by atoms with Gasteiger partial charge in [-0.2, -0.15) is 0 Å². The van der Waals surface area contributed by atoms with Gasteiger partial charge in [0, 0.05) is 24.2 Å². The van der Waals surface area contributed by atoms with Gasteiger partial charge in [0.05, 0.1) is 12.7 Å². The molecule has 0 aromatic heterocycles. The summed E-state index contributed by atoms with van der Waals surface area (Å²) in [6, 6.07) is 8.05. The van der Waals surface area contributed by atoms with Gasteiger partial charge in [-0.25, -0.2) is 4.79 Å². The highest BCUT2D eigenvalue weighted by Gasteiger charge is 2.34. The monoisotopic (exact) mass is 338 g/mol. The summed E-state index contributed by atoms with van der Waals surface area (Å²) < 4.78 is 4.69. The van der Waals surface area contributed by atoms with Crippen molar-refractivity contribution >= 4 is 30.0 Å². The quantitative estimate of drug-likeness (QED) is 0.828. The van der Waals surface area contributed by atoms with Gasteiger partial charge in [0.25, 0.3) is 0 Å². The number of anilines is 1. The Morgan fingerprint density at radius 2 is 1.96 bits per heavy atom. The highest BCUT2D eigenvalue weighted by atomic mass is 35.5. The highest BCUT2D eigenvalue weighted by molar-refractivity contribution is 5.94. The number of amides is 1. The van der Waals surface area contributed by atoms with Crippen LogP contribution in [0.5, 0.6) is 0 Å². The predicted molar refractivity (Wildman–Crippen MR) is 90.9 cm³/mol. The molecule has 2 unspecified atom stereocenters. The minimum atomic E-state index is -0.397. The van der Waals surface area contributed by atoms with Crippen LogP contribution in [-0.4, -0.2) is 31.1 Å². The average molecular weight is 339 g/mol. The lowest BCUT2D eigenvalue weighted by atomic mass is 9.89. The molecule has 5 nitrogen and oxygen atoms in total. The molecule has 2 bridgehead atoms. The van der Waals surface area contributed by atoms with Crippen LogP contribution >= 0.6 is 12.4 Å². The molecule has 0 aliphatic carbocycles. The number of hydrogen-bond donors (Lipinski definition) is 2. The molecular weight excluding hydrogens is 316 g/mol. The Balaban J connectivity index is 0.00000192. The number of piperidine rings is 1. The molecule has 0 spiro atoms. The van der Waals surface area contributed by atoms with Crippen molar-refractivity contribution in [2.45, 2.75) is 44.2 Å². The summed E-state index contributed by atoms with van der Waals surface area (Å²) in [5.74, 6) is 0.0851. The maximum Gasteiger partial charge on any atom is 0.337 e. The first-order valence-electron chi connectivity index (χ1n) is 7.88. The standard InChI is InChI=1S/C17H22N2O3.ClH/c1-22-17(21)12-3-2-4-13(10-12)19-16(20)9-11-7-14-5-6-15(8-11)18-14;/h2-4,10-11,14-15,18H,5-9H2,1H3,(H,19,20);1H. The third kappa shape index (κ3) is 4.45. The molecule has 1 aromatic carbocycles. The number of esters is 1. The minimum Gasteiger partial charge on any atom is -0.465 e. The molecule has 2 aliphatic heterocycles. The molecule has 1 aromatic rings. The first-order chi connectivity index (χ1) is 10.6. The van der Waals surface area contributed by atoms with Crippen LogP contribution in [0.15, 0.2) is 24.3 Å². The van der Waals surface area contributed by atoms with E-state index in [1.54, 1.807) is 24.3 Å². The smallest absolute Gasteiger partial charge is 0.337 e. The third-order valence-corrected chi connectivity index (χ3v) is 4.61. The van der Waals surface area contributed by atoms with Crippen molar-refractivity contribution in [1.82, 2.24) is 5.32 Å². The van der Waals surface area contributed by atoms with Gasteiger partial charge in [-0.1, -0.05) is 6.07 Å². The molecule has 126 valence electrons. The SMILES string of the molecule is COC(=O)c1cccc(NC(=O)CC2CC3CCC(C2)N3)c1.Cl. The highest BCUT2D eigenvalue weighted by Crippen LogP contribution is 2.32. The van der Waals surface area contributed by atoms with E-state index in [0.717, 1.165) is 12.8 Å². The average Bonchev–Trinajstić information content (AvgIpc) is 2.85. The Hall–Kier alpha value is -1.59. The summed E-state index contributed by atoms with van der Waals surface area (Å²) in [6.07, 6.45) is 5.21. The first kappa shape index (κ1) is 17.8. The molecule has 1 amide bonds. The zero-order chi connectivity index (χ0) is 15.5. The molecule has 6 heteroatoms. The molecule has 23 heavy (non-hydrogen) atoms. The summed E-state index contributed by atoms with van der Waals surface area (Å²) in [5.41, 5.74) is 1.09. The van der Waals surface area contributed by atoms with Crippen molar-refractivity contribution in [3.63, 3.8) is 0 Å². The number of halogens is 1. The maximum atomic E-state index is 12.2. The van der Waals surface area contributed by atoms with Crippen molar-refractivity contribution in [2.75, 3.05) is 12.4 Å². The van der Waals surface area contributed by atoms with Crippen molar-refractivity contribution in [2.24, 2.45) is 5.92 Å². The maximum absolute atomic E-state index is 12.2. The number of ether oxygens (including phenoxy) is 1. The van der Waals surface area contributed by atoms with Crippen LogP contribution in [0.3, 0.4) is 0 Å².